The Labute approximate surface area is 321 Å². The van der Waals surface area contributed by atoms with E-state index in [1.165, 1.54) is 12.8 Å². The number of rotatable bonds is 0. The third-order valence-corrected chi connectivity index (χ3v) is 12.3. The summed E-state index contributed by atoms with van der Waals surface area (Å²) in [5, 5.41) is 7.19. The number of aromatic nitrogens is 2. The first kappa shape index (κ1) is 35.5. The molecule has 7 aliphatic heterocycles. The van der Waals surface area contributed by atoms with Gasteiger partial charge in [0.25, 0.3) is 23.6 Å². The Morgan fingerprint density at radius 2 is 0.818 bits per heavy atom. The van der Waals surface area contributed by atoms with Crippen molar-refractivity contribution in [1.29, 1.82) is 0 Å². The van der Waals surface area contributed by atoms with E-state index in [0.717, 1.165) is 116 Å². The van der Waals surface area contributed by atoms with Gasteiger partial charge >= 0.3 is 0 Å². The summed E-state index contributed by atoms with van der Waals surface area (Å²) in [5.74, 6) is -1.26. The lowest BCUT2D eigenvalue weighted by molar-refractivity contribution is -0.126. The van der Waals surface area contributed by atoms with E-state index in [-0.39, 0.29) is 23.6 Å². The molecule has 2 aromatic heterocycles. The van der Waals surface area contributed by atoms with Gasteiger partial charge in [-0.2, -0.15) is 0 Å². The topological polar surface area (TPSA) is 137 Å². The third-order valence-electron chi connectivity index (χ3n) is 12.3. The fourth-order valence-corrected chi connectivity index (χ4v) is 9.50. The molecule has 4 aromatic rings. The average Bonchev–Trinajstić information content (AvgIpc) is 3.91. The predicted octanol–water partition coefficient (Wildman–Crippen LogP) is 4.15. The van der Waals surface area contributed by atoms with Gasteiger partial charge in [-0.15, -0.1) is 0 Å². The number of hydrogen-bond donors (Lipinski definition) is 4. The number of H-pyrrole nitrogens is 2. The summed E-state index contributed by atoms with van der Waals surface area (Å²) in [6.45, 7) is 8.38. The summed E-state index contributed by atoms with van der Waals surface area (Å²) in [6.07, 6.45) is 8.67. The summed E-state index contributed by atoms with van der Waals surface area (Å²) >= 11 is 0. The second-order valence-corrected chi connectivity index (χ2v) is 15.7. The van der Waals surface area contributed by atoms with Gasteiger partial charge in [-0.05, 0) is 63.7 Å². The Balaban J connectivity index is 1.03. The number of piperazine rings is 2. The molecule has 4 N–H and O–H groups in total. The van der Waals surface area contributed by atoms with Crippen molar-refractivity contribution >= 4 is 56.6 Å². The number of amides is 4. The van der Waals surface area contributed by atoms with Crippen LogP contribution in [-0.2, 0) is 32.0 Å². The number of aryl methyl sites for hydroxylation is 2. The van der Waals surface area contributed by atoms with Crippen molar-refractivity contribution < 1.29 is 19.2 Å². The van der Waals surface area contributed by atoms with E-state index in [1.807, 2.05) is 48.5 Å². The number of imide groups is 2. The van der Waals surface area contributed by atoms with Crippen molar-refractivity contribution in [3.05, 3.63) is 82.4 Å². The minimum Gasteiger partial charge on any atom is -0.364 e. The van der Waals surface area contributed by atoms with Crippen LogP contribution in [0.15, 0.2) is 59.9 Å². The molecule has 0 aliphatic carbocycles. The minimum absolute atomic E-state index is 0.306. The summed E-state index contributed by atoms with van der Waals surface area (Å²) < 4.78 is 0. The monoisotopic (exact) mass is 742 g/mol. The first-order valence-electron chi connectivity index (χ1n) is 20.3. The Morgan fingerprint density at radius 3 is 1.25 bits per heavy atom. The van der Waals surface area contributed by atoms with E-state index in [4.69, 9.17) is 0 Å². The zero-order chi connectivity index (χ0) is 37.5. The van der Waals surface area contributed by atoms with E-state index >= 15 is 0 Å². The van der Waals surface area contributed by atoms with Crippen molar-refractivity contribution in [3.8, 4) is 0 Å². The lowest BCUT2D eigenvalue weighted by Gasteiger charge is -2.36. The van der Waals surface area contributed by atoms with E-state index in [9.17, 15) is 19.2 Å². The highest BCUT2D eigenvalue weighted by molar-refractivity contribution is 6.38. The predicted molar refractivity (Wildman–Crippen MR) is 212 cm³/mol. The van der Waals surface area contributed by atoms with E-state index in [1.54, 1.807) is 0 Å². The van der Waals surface area contributed by atoms with Gasteiger partial charge in [0.15, 0.2) is 0 Å². The smallest absolute Gasteiger partial charge is 0.275 e. The molecule has 4 amide bonds. The number of carbonyl (C=O) groups is 4. The molecule has 12 nitrogen and oxygen atoms in total. The van der Waals surface area contributed by atoms with Crippen LogP contribution in [0.2, 0.25) is 0 Å². The molecule has 286 valence electrons. The van der Waals surface area contributed by atoms with Gasteiger partial charge in [0.05, 0.1) is 11.1 Å². The number of nitrogens with zero attached hydrogens (tertiary/aromatic N) is 4. The molecule has 0 saturated carbocycles. The van der Waals surface area contributed by atoms with E-state index in [0.29, 0.717) is 61.6 Å². The van der Waals surface area contributed by atoms with Crippen LogP contribution in [-0.4, -0.2) is 119 Å². The van der Waals surface area contributed by atoms with Gasteiger partial charge in [-0.25, -0.2) is 0 Å². The molecule has 7 aliphatic rings. The normalized spacial score (nSPS) is 23.6. The Morgan fingerprint density at radius 1 is 0.418 bits per heavy atom. The van der Waals surface area contributed by atoms with Crippen molar-refractivity contribution in [2.75, 3.05) is 65.4 Å². The van der Waals surface area contributed by atoms with Crippen LogP contribution in [0.5, 0.6) is 0 Å². The molecule has 0 unspecified atom stereocenters. The molecule has 2 fully saturated rings. The largest absolute Gasteiger partial charge is 0.364 e. The Kier molecular flexibility index (Phi) is 9.78. The molecule has 9 heterocycles. The fourth-order valence-electron chi connectivity index (χ4n) is 9.50. The number of para-hydroxylation sites is 2. The summed E-state index contributed by atoms with van der Waals surface area (Å²) in [6, 6.07) is 16.1. The highest BCUT2D eigenvalue weighted by Crippen LogP contribution is 2.38. The average molecular weight is 743 g/mol. The molecule has 4 bridgehead atoms. The van der Waals surface area contributed by atoms with Crippen molar-refractivity contribution in [2.24, 2.45) is 0 Å². The first-order valence-corrected chi connectivity index (χ1v) is 20.3. The standard InChI is InChI=1S/C43H50N8O4/c52-40-36-34-28-12-6-8-14-30(28)44-32(34)16-4-3-5-17-33-35(29-13-7-9-15-31(29)45-33)37-39(43(55)47-41(37)53)51-26-22-49(23-27-51)19-11-2-1-10-18-48-20-24-50(25-21-48)38(36)42(54)46-40/h6-9,12-15,44-45H,1-5,10-11,16-27H2,(H,46,52,54)(H,47,53,55). The van der Waals surface area contributed by atoms with Crippen LogP contribution in [0.25, 0.3) is 33.0 Å². The van der Waals surface area contributed by atoms with Crippen LogP contribution in [0.1, 0.15) is 67.5 Å². The molecule has 0 radical (unpaired) electrons. The van der Waals surface area contributed by atoms with Crippen molar-refractivity contribution in [2.45, 2.75) is 57.8 Å². The van der Waals surface area contributed by atoms with E-state index < -0.39 is 0 Å². The number of nitrogens with one attached hydrogen (secondary N) is 4. The Hall–Kier alpha value is -5.20. The molecule has 0 atom stereocenters. The number of benzene rings is 2. The van der Waals surface area contributed by atoms with Crippen molar-refractivity contribution in [3.63, 3.8) is 0 Å². The van der Waals surface area contributed by atoms with E-state index in [2.05, 4.69) is 40.2 Å². The van der Waals surface area contributed by atoms with Crippen molar-refractivity contribution in [1.82, 2.24) is 40.2 Å². The van der Waals surface area contributed by atoms with Gasteiger partial charge in [0, 0.05) is 96.7 Å². The van der Waals surface area contributed by atoms with Gasteiger partial charge in [0.2, 0.25) is 0 Å². The molecule has 55 heavy (non-hydrogen) atoms. The van der Waals surface area contributed by atoms with Gasteiger partial charge in [-0.1, -0.05) is 55.7 Å². The maximum Gasteiger partial charge on any atom is 0.275 e. The minimum atomic E-state index is -0.326. The summed E-state index contributed by atoms with van der Waals surface area (Å²) in [4.78, 5) is 70.6. The lowest BCUT2D eigenvalue weighted by atomic mass is 9.96. The summed E-state index contributed by atoms with van der Waals surface area (Å²) in [5.41, 5.74) is 7.49. The fraction of sp³-hybridized carbons (Fsp3) is 0.442. The number of hydrogen-bond acceptors (Lipinski definition) is 8. The van der Waals surface area contributed by atoms with Gasteiger partial charge in [-0.3, -0.25) is 39.6 Å². The maximum atomic E-state index is 13.6. The van der Waals surface area contributed by atoms with Crippen LogP contribution < -0.4 is 10.6 Å². The molecule has 11 rings (SSSR count). The lowest BCUT2D eigenvalue weighted by Crippen LogP contribution is -2.47. The zero-order valence-electron chi connectivity index (χ0n) is 31.5. The molecule has 2 aromatic carbocycles. The molecule has 2 saturated heterocycles. The Bertz CT molecular complexity index is 2070. The number of aromatic amines is 2. The molecular formula is C43H50N8O4. The second kappa shape index (κ2) is 15.1. The van der Waals surface area contributed by atoms with Crippen LogP contribution in [0.4, 0.5) is 0 Å². The maximum absolute atomic E-state index is 13.6. The van der Waals surface area contributed by atoms with Crippen LogP contribution >= 0.6 is 0 Å². The molecule has 0 spiro atoms. The van der Waals surface area contributed by atoms with Gasteiger partial charge in [0.1, 0.15) is 11.4 Å². The number of carbonyl (C=O) groups excluding carboxylic acids is 4. The van der Waals surface area contributed by atoms with Crippen LogP contribution in [0, 0.1) is 0 Å². The highest BCUT2D eigenvalue weighted by atomic mass is 16.2. The second-order valence-electron chi connectivity index (χ2n) is 15.7. The first-order chi connectivity index (χ1) is 26.9. The SMILES string of the molecule is O=C1NC(=O)C2=C1c1c([nH]c3ccccc13)CCCCCc1[nH]c3ccccc3c1C1=C(C(=O)NC1=O)N1CCN(CCCCCCN3CCN2CC3)CC1. The summed E-state index contributed by atoms with van der Waals surface area (Å²) in [7, 11) is 0. The molecule has 12 heteroatoms. The van der Waals surface area contributed by atoms with Gasteiger partial charge < -0.3 is 19.8 Å². The zero-order valence-corrected chi connectivity index (χ0v) is 31.5. The number of fused-ring (bicyclic) bond motifs is 4. The highest BCUT2D eigenvalue weighted by Gasteiger charge is 2.39. The third kappa shape index (κ3) is 6.75. The van der Waals surface area contributed by atoms with Crippen LogP contribution in [0.3, 0.4) is 0 Å². The quantitative estimate of drug-likeness (QED) is 0.198. The molecular weight excluding hydrogens is 693 g/mol.